The first kappa shape index (κ1) is 12.0. The van der Waals surface area contributed by atoms with Gasteiger partial charge in [-0.25, -0.2) is 0 Å². The van der Waals surface area contributed by atoms with Crippen LogP contribution in [0.4, 0.5) is 10.5 Å². The minimum Gasteiger partial charge on any atom is -0.496 e. The van der Waals surface area contributed by atoms with Crippen molar-refractivity contribution in [2.75, 3.05) is 19.1 Å². The maximum atomic E-state index is 11.1. The molecule has 0 N–H and O–H groups in total. The van der Waals surface area contributed by atoms with Crippen LogP contribution in [0.5, 0.6) is 5.75 Å². The van der Waals surface area contributed by atoms with Crippen molar-refractivity contribution in [3.63, 3.8) is 0 Å². The molecule has 0 saturated heterocycles. The zero-order valence-corrected chi connectivity index (χ0v) is 10.9. The van der Waals surface area contributed by atoms with Gasteiger partial charge in [0, 0.05) is 28.7 Å². The van der Waals surface area contributed by atoms with Crippen LogP contribution in [0.2, 0.25) is 0 Å². The molecule has 0 aliphatic rings. The van der Waals surface area contributed by atoms with E-state index in [1.807, 2.05) is 26.0 Å². The summed E-state index contributed by atoms with van der Waals surface area (Å²) >= 11 is 2.92. The van der Waals surface area contributed by atoms with Crippen LogP contribution < -0.4 is 9.64 Å². The Morgan fingerprint density at radius 1 is 1.33 bits per heavy atom. The van der Waals surface area contributed by atoms with E-state index in [0.717, 1.165) is 22.6 Å². The summed E-state index contributed by atoms with van der Waals surface area (Å²) in [7, 11) is 3.37. The predicted molar refractivity (Wildman–Crippen MR) is 65.2 cm³/mol. The summed E-state index contributed by atoms with van der Waals surface area (Å²) in [5.41, 5.74) is 2.90. The summed E-state index contributed by atoms with van der Waals surface area (Å²) < 4.78 is 5.26. The molecule has 0 radical (unpaired) electrons. The lowest BCUT2D eigenvalue weighted by atomic mass is 10.1. The minimum absolute atomic E-state index is 0.161. The van der Waals surface area contributed by atoms with Crippen molar-refractivity contribution in [3.8, 4) is 5.75 Å². The molecule has 0 aromatic heterocycles. The van der Waals surface area contributed by atoms with E-state index in [-0.39, 0.29) is 4.82 Å². The summed E-state index contributed by atoms with van der Waals surface area (Å²) in [5.74, 6) is 0.870. The molecular weight excluding hydrogens is 258 g/mol. The molecule has 4 heteroatoms. The van der Waals surface area contributed by atoms with Gasteiger partial charge in [0.2, 0.25) is 0 Å². The Labute approximate surface area is 98.2 Å². The van der Waals surface area contributed by atoms with Gasteiger partial charge in [-0.2, -0.15) is 0 Å². The number of amides is 1. The molecule has 0 fully saturated rings. The van der Waals surface area contributed by atoms with Crippen LogP contribution >= 0.6 is 15.9 Å². The van der Waals surface area contributed by atoms with Crippen LogP contribution in [0.3, 0.4) is 0 Å². The highest BCUT2D eigenvalue weighted by atomic mass is 79.9. The fraction of sp³-hybridized carbons (Fsp3) is 0.364. The number of carbonyl (C=O) groups excluding carboxylic acids is 1. The topological polar surface area (TPSA) is 29.5 Å². The van der Waals surface area contributed by atoms with Gasteiger partial charge in [0.25, 0.3) is 4.82 Å². The summed E-state index contributed by atoms with van der Waals surface area (Å²) in [6.45, 7) is 3.92. The van der Waals surface area contributed by atoms with Crippen LogP contribution in [0, 0.1) is 13.8 Å². The number of halogens is 1. The van der Waals surface area contributed by atoms with E-state index in [9.17, 15) is 4.79 Å². The standard InChI is InChI=1S/C11H14BrNO2/c1-7-5-9(13(3)11(12)14)6-8(2)10(7)15-4/h5-6H,1-4H3. The maximum absolute atomic E-state index is 11.1. The first-order valence-electron chi connectivity index (χ1n) is 4.55. The molecule has 0 aliphatic heterocycles. The molecule has 0 atom stereocenters. The number of anilines is 1. The third-order valence-electron chi connectivity index (χ3n) is 2.30. The van der Waals surface area contributed by atoms with Gasteiger partial charge in [-0.05, 0) is 37.1 Å². The SMILES string of the molecule is COc1c(C)cc(N(C)C(=O)Br)cc1C. The Bertz CT molecular complexity index is 367. The number of nitrogens with zero attached hydrogens (tertiary/aromatic N) is 1. The average molecular weight is 272 g/mol. The van der Waals surface area contributed by atoms with Gasteiger partial charge in [0.05, 0.1) is 7.11 Å². The van der Waals surface area contributed by atoms with Crippen LogP contribution in [0.15, 0.2) is 12.1 Å². The lowest BCUT2D eigenvalue weighted by Crippen LogP contribution is -2.19. The zero-order valence-electron chi connectivity index (χ0n) is 9.30. The Morgan fingerprint density at radius 3 is 2.13 bits per heavy atom. The van der Waals surface area contributed by atoms with E-state index >= 15 is 0 Å². The van der Waals surface area contributed by atoms with Gasteiger partial charge in [0.15, 0.2) is 0 Å². The van der Waals surface area contributed by atoms with Crippen molar-refractivity contribution in [2.45, 2.75) is 13.8 Å². The van der Waals surface area contributed by atoms with Crippen LogP contribution in [0.25, 0.3) is 0 Å². The second-order valence-electron chi connectivity index (χ2n) is 3.42. The minimum atomic E-state index is -0.161. The number of ether oxygens (including phenoxy) is 1. The van der Waals surface area contributed by atoms with Gasteiger partial charge in [-0.1, -0.05) is 0 Å². The van der Waals surface area contributed by atoms with E-state index in [1.165, 1.54) is 0 Å². The van der Waals surface area contributed by atoms with E-state index in [4.69, 9.17) is 4.74 Å². The highest BCUT2D eigenvalue weighted by Crippen LogP contribution is 2.28. The number of carbonyl (C=O) groups is 1. The number of hydrogen-bond donors (Lipinski definition) is 0. The molecule has 1 aromatic carbocycles. The summed E-state index contributed by atoms with van der Waals surface area (Å²) in [4.78, 5) is 12.5. The van der Waals surface area contributed by atoms with Crippen molar-refractivity contribution in [1.29, 1.82) is 0 Å². The molecular formula is C11H14BrNO2. The molecule has 0 spiro atoms. The molecule has 3 nitrogen and oxygen atoms in total. The van der Waals surface area contributed by atoms with Crippen LogP contribution in [-0.2, 0) is 0 Å². The highest BCUT2D eigenvalue weighted by molar-refractivity contribution is 9.18. The van der Waals surface area contributed by atoms with E-state index in [2.05, 4.69) is 15.9 Å². The van der Waals surface area contributed by atoms with Gasteiger partial charge in [-0.15, -0.1) is 0 Å². The number of hydrogen-bond acceptors (Lipinski definition) is 2. The molecule has 0 unspecified atom stereocenters. The fourth-order valence-corrected chi connectivity index (χ4v) is 1.75. The molecule has 1 aromatic rings. The van der Waals surface area contributed by atoms with E-state index < -0.39 is 0 Å². The molecule has 0 heterocycles. The number of benzene rings is 1. The quantitative estimate of drug-likeness (QED) is 0.611. The lowest BCUT2D eigenvalue weighted by Gasteiger charge is -2.17. The van der Waals surface area contributed by atoms with Crippen LogP contribution in [-0.4, -0.2) is 19.0 Å². The third-order valence-corrected chi connectivity index (χ3v) is 2.83. The van der Waals surface area contributed by atoms with Crippen molar-refractivity contribution < 1.29 is 9.53 Å². The molecule has 82 valence electrons. The monoisotopic (exact) mass is 271 g/mol. The summed E-state index contributed by atoms with van der Waals surface area (Å²) in [6.07, 6.45) is 0. The van der Waals surface area contributed by atoms with E-state index in [1.54, 1.807) is 19.1 Å². The number of aryl methyl sites for hydroxylation is 2. The van der Waals surface area contributed by atoms with Gasteiger partial charge in [-0.3, -0.25) is 4.79 Å². The summed E-state index contributed by atoms with van der Waals surface area (Å²) in [5, 5.41) is 0. The predicted octanol–water partition coefficient (Wildman–Crippen LogP) is 3.26. The molecule has 0 bridgehead atoms. The van der Waals surface area contributed by atoms with Crippen molar-refractivity contribution in [2.24, 2.45) is 0 Å². The zero-order chi connectivity index (χ0) is 11.6. The second-order valence-corrected chi connectivity index (χ2v) is 4.10. The number of rotatable bonds is 2. The Hall–Kier alpha value is -1.03. The average Bonchev–Trinajstić information content (AvgIpc) is 2.15. The van der Waals surface area contributed by atoms with Gasteiger partial charge < -0.3 is 9.64 Å². The molecule has 1 rings (SSSR count). The van der Waals surface area contributed by atoms with E-state index in [0.29, 0.717) is 0 Å². The van der Waals surface area contributed by atoms with Crippen molar-refractivity contribution in [1.82, 2.24) is 0 Å². The fourth-order valence-electron chi connectivity index (χ4n) is 1.54. The molecule has 0 saturated carbocycles. The van der Waals surface area contributed by atoms with Crippen LogP contribution in [0.1, 0.15) is 11.1 Å². The summed E-state index contributed by atoms with van der Waals surface area (Å²) in [6, 6.07) is 3.84. The van der Waals surface area contributed by atoms with Gasteiger partial charge >= 0.3 is 0 Å². The third kappa shape index (κ3) is 2.50. The smallest absolute Gasteiger partial charge is 0.293 e. The largest absolute Gasteiger partial charge is 0.496 e. The number of methoxy groups -OCH3 is 1. The van der Waals surface area contributed by atoms with Crippen molar-refractivity contribution >= 4 is 26.4 Å². The Balaban J connectivity index is 3.19. The van der Waals surface area contributed by atoms with Gasteiger partial charge in [0.1, 0.15) is 5.75 Å². The van der Waals surface area contributed by atoms with Crippen molar-refractivity contribution in [3.05, 3.63) is 23.3 Å². The first-order valence-corrected chi connectivity index (χ1v) is 5.35. The highest BCUT2D eigenvalue weighted by Gasteiger charge is 2.11. The molecule has 1 amide bonds. The maximum Gasteiger partial charge on any atom is 0.293 e. The Morgan fingerprint density at radius 2 is 1.80 bits per heavy atom. The Kier molecular flexibility index (Phi) is 3.74. The lowest BCUT2D eigenvalue weighted by molar-refractivity contribution is 0.267. The second kappa shape index (κ2) is 4.66. The molecule has 0 aliphatic carbocycles. The normalized spacial score (nSPS) is 9.93. The first-order chi connectivity index (χ1) is 6.97. The molecule has 15 heavy (non-hydrogen) atoms.